The summed E-state index contributed by atoms with van der Waals surface area (Å²) in [7, 11) is 0. The molecule has 1 atom stereocenters. The number of ether oxygens (including phenoxy) is 1. The Morgan fingerprint density at radius 3 is 2.45 bits per heavy atom. The average molecular weight is 419 g/mol. The molecule has 6 nitrogen and oxygen atoms in total. The van der Waals surface area contributed by atoms with Gasteiger partial charge in [-0.25, -0.2) is 0 Å². The summed E-state index contributed by atoms with van der Waals surface area (Å²) >= 11 is 0. The van der Waals surface area contributed by atoms with Crippen molar-refractivity contribution in [2.24, 2.45) is 0 Å². The molecule has 1 aromatic heterocycles. The number of likely N-dealkylation sites (tertiary alicyclic amines) is 2. The SMILES string of the molecule is CCN1CCC(N2CCC(Oc3ccc(-c4noc(-c5ccccc5)n4)cc3)C2)CC1. The molecule has 2 fully saturated rings. The predicted octanol–water partition coefficient (Wildman–Crippen LogP) is 4.34. The van der Waals surface area contributed by atoms with E-state index in [0.717, 1.165) is 42.4 Å². The quantitative estimate of drug-likeness (QED) is 0.594. The highest BCUT2D eigenvalue weighted by molar-refractivity contribution is 5.60. The minimum atomic E-state index is 0.268. The first kappa shape index (κ1) is 20.2. The van der Waals surface area contributed by atoms with Crippen LogP contribution in [0.3, 0.4) is 0 Å². The molecule has 0 amide bonds. The van der Waals surface area contributed by atoms with E-state index in [1.807, 2.05) is 54.6 Å². The van der Waals surface area contributed by atoms with Gasteiger partial charge in [0.25, 0.3) is 5.89 Å². The Balaban J connectivity index is 1.17. The van der Waals surface area contributed by atoms with Gasteiger partial charge in [-0.05, 0) is 75.3 Å². The van der Waals surface area contributed by atoms with E-state index in [4.69, 9.17) is 9.26 Å². The molecular formula is C25H30N4O2. The molecule has 2 aromatic carbocycles. The largest absolute Gasteiger partial charge is 0.489 e. The number of benzene rings is 2. The van der Waals surface area contributed by atoms with Crippen molar-refractivity contribution in [1.82, 2.24) is 19.9 Å². The summed E-state index contributed by atoms with van der Waals surface area (Å²) in [5.74, 6) is 2.03. The van der Waals surface area contributed by atoms with Crippen molar-refractivity contribution in [2.75, 3.05) is 32.7 Å². The van der Waals surface area contributed by atoms with Gasteiger partial charge in [0.2, 0.25) is 5.82 Å². The highest BCUT2D eigenvalue weighted by Crippen LogP contribution is 2.27. The molecule has 0 saturated carbocycles. The maximum absolute atomic E-state index is 6.29. The van der Waals surface area contributed by atoms with Gasteiger partial charge in [0.1, 0.15) is 11.9 Å². The lowest BCUT2D eigenvalue weighted by molar-refractivity contribution is 0.117. The molecule has 0 N–H and O–H groups in total. The van der Waals surface area contributed by atoms with Crippen LogP contribution in [0.1, 0.15) is 26.2 Å². The molecule has 3 heterocycles. The fourth-order valence-electron chi connectivity index (χ4n) is 4.70. The second kappa shape index (κ2) is 9.20. The summed E-state index contributed by atoms with van der Waals surface area (Å²) in [6.07, 6.45) is 3.93. The summed E-state index contributed by atoms with van der Waals surface area (Å²) in [6, 6.07) is 18.6. The Hall–Kier alpha value is -2.70. The van der Waals surface area contributed by atoms with Crippen molar-refractivity contribution in [3.63, 3.8) is 0 Å². The van der Waals surface area contributed by atoms with E-state index in [9.17, 15) is 0 Å². The Bertz CT molecular complexity index is 965. The molecule has 0 bridgehead atoms. The van der Waals surface area contributed by atoms with Crippen LogP contribution in [0.5, 0.6) is 5.75 Å². The van der Waals surface area contributed by atoms with E-state index in [1.165, 1.54) is 32.5 Å². The van der Waals surface area contributed by atoms with Crippen molar-refractivity contribution in [3.8, 4) is 28.6 Å². The zero-order valence-electron chi connectivity index (χ0n) is 18.1. The molecule has 3 aromatic rings. The number of piperidine rings is 1. The molecule has 2 aliphatic heterocycles. The first-order valence-electron chi connectivity index (χ1n) is 11.4. The fraction of sp³-hybridized carbons (Fsp3) is 0.440. The molecular weight excluding hydrogens is 388 g/mol. The number of hydrogen-bond acceptors (Lipinski definition) is 6. The van der Waals surface area contributed by atoms with Crippen LogP contribution in [0, 0.1) is 0 Å². The minimum absolute atomic E-state index is 0.268. The third-order valence-electron chi connectivity index (χ3n) is 6.56. The summed E-state index contributed by atoms with van der Waals surface area (Å²) < 4.78 is 11.7. The van der Waals surface area contributed by atoms with E-state index < -0.39 is 0 Å². The summed E-state index contributed by atoms with van der Waals surface area (Å²) in [5, 5.41) is 4.13. The average Bonchev–Trinajstić information content (AvgIpc) is 3.51. The van der Waals surface area contributed by atoms with Crippen LogP contribution in [0.25, 0.3) is 22.8 Å². The molecule has 2 saturated heterocycles. The Morgan fingerprint density at radius 1 is 0.935 bits per heavy atom. The molecule has 1 unspecified atom stereocenters. The van der Waals surface area contributed by atoms with Crippen LogP contribution >= 0.6 is 0 Å². The second-order valence-corrected chi connectivity index (χ2v) is 8.50. The standard InChI is InChI=1S/C25H30N4O2/c1-2-28-15-12-21(13-16-28)29-17-14-23(18-29)30-22-10-8-19(9-11-22)24-26-25(31-27-24)20-6-4-3-5-7-20/h3-11,21,23H,2,12-18H2,1H3. The predicted molar refractivity (Wildman–Crippen MR) is 121 cm³/mol. The first-order valence-corrected chi connectivity index (χ1v) is 11.4. The lowest BCUT2D eigenvalue weighted by Crippen LogP contribution is -2.44. The van der Waals surface area contributed by atoms with Gasteiger partial charge in [-0.15, -0.1) is 0 Å². The van der Waals surface area contributed by atoms with Crippen molar-refractivity contribution in [1.29, 1.82) is 0 Å². The molecule has 0 spiro atoms. The number of nitrogens with zero attached hydrogens (tertiary/aromatic N) is 4. The maximum Gasteiger partial charge on any atom is 0.258 e. The Morgan fingerprint density at radius 2 is 1.71 bits per heavy atom. The van der Waals surface area contributed by atoms with Crippen LogP contribution in [-0.2, 0) is 0 Å². The topological polar surface area (TPSA) is 54.6 Å². The third-order valence-corrected chi connectivity index (χ3v) is 6.56. The molecule has 0 radical (unpaired) electrons. The van der Waals surface area contributed by atoms with Gasteiger partial charge in [0, 0.05) is 30.3 Å². The van der Waals surface area contributed by atoms with Crippen molar-refractivity contribution >= 4 is 0 Å². The second-order valence-electron chi connectivity index (χ2n) is 8.50. The van der Waals surface area contributed by atoms with E-state index in [0.29, 0.717) is 11.7 Å². The smallest absolute Gasteiger partial charge is 0.258 e. The van der Waals surface area contributed by atoms with E-state index in [2.05, 4.69) is 26.9 Å². The van der Waals surface area contributed by atoms with Gasteiger partial charge in [-0.2, -0.15) is 4.98 Å². The summed E-state index contributed by atoms with van der Waals surface area (Å²) in [5.41, 5.74) is 1.85. The highest BCUT2D eigenvalue weighted by Gasteiger charge is 2.31. The molecule has 0 aliphatic carbocycles. The van der Waals surface area contributed by atoms with Gasteiger partial charge in [-0.1, -0.05) is 30.3 Å². The van der Waals surface area contributed by atoms with Gasteiger partial charge in [0.15, 0.2) is 0 Å². The minimum Gasteiger partial charge on any atom is -0.489 e. The van der Waals surface area contributed by atoms with E-state index in [-0.39, 0.29) is 6.10 Å². The van der Waals surface area contributed by atoms with E-state index >= 15 is 0 Å². The zero-order valence-corrected chi connectivity index (χ0v) is 18.1. The first-order chi connectivity index (χ1) is 15.3. The fourth-order valence-corrected chi connectivity index (χ4v) is 4.70. The Kier molecular flexibility index (Phi) is 6.00. The lowest BCUT2D eigenvalue weighted by Gasteiger charge is -2.36. The maximum atomic E-state index is 6.29. The van der Waals surface area contributed by atoms with Gasteiger partial charge in [-0.3, -0.25) is 4.90 Å². The highest BCUT2D eigenvalue weighted by atomic mass is 16.5. The number of aromatic nitrogens is 2. The third kappa shape index (κ3) is 4.65. The molecule has 6 heteroatoms. The molecule has 5 rings (SSSR count). The van der Waals surface area contributed by atoms with Crippen LogP contribution < -0.4 is 4.74 Å². The molecule has 31 heavy (non-hydrogen) atoms. The van der Waals surface area contributed by atoms with Crippen molar-refractivity contribution < 1.29 is 9.26 Å². The zero-order chi connectivity index (χ0) is 21.0. The molecule has 162 valence electrons. The van der Waals surface area contributed by atoms with Crippen LogP contribution in [0.4, 0.5) is 0 Å². The van der Waals surface area contributed by atoms with Gasteiger partial charge >= 0.3 is 0 Å². The monoisotopic (exact) mass is 418 g/mol. The Labute approximate surface area is 183 Å². The summed E-state index contributed by atoms with van der Waals surface area (Å²) in [6.45, 7) is 8.06. The van der Waals surface area contributed by atoms with Crippen molar-refractivity contribution in [3.05, 3.63) is 54.6 Å². The van der Waals surface area contributed by atoms with Gasteiger partial charge < -0.3 is 14.2 Å². The van der Waals surface area contributed by atoms with Crippen LogP contribution in [0.15, 0.2) is 59.1 Å². The van der Waals surface area contributed by atoms with Gasteiger partial charge in [0.05, 0.1) is 0 Å². The lowest BCUT2D eigenvalue weighted by atomic mass is 10.0. The normalized spacial score (nSPS) is 20.9. The van der Waals surface area contributed by atoms with Crippen LogP contribution in [0.2, 0.25) is 0 Å². The van der Waals surface area contributed by atoms with Crippen LogP contribution in [-0.4, -0.2) is 64.8 Å². The number of hydrogen-bond donors (Lipinski definition) is 0. The summed E-state index contributed by atoms with van der Waals surface area (Å²) in [4.78, 5) is 9.71. The molecule has 2 aliphatic rings. The number of rotatable bonds is 6. The van der Waals surface area contributed by atoms with Crippen molar-refractivity contribution in [2.45, 2.75) is 38.3 Å². The van der Waals surface area contributed by atoms with E-state index in [1.54, 1.807) is 0 Å².